The van der Waals surface area contributed by atoms with Crippen molar-refractivity contribution in [1.29, 1.82) is 0 Å². The summed E-state index contributed by atoms with van der Waals surface area (Å²) >= 11 is 0. The lowest BCUT2D eigenvalue weighted by Gasteiger charge is -2.37. The predicted octanol–water partition coefficient (Wildman–Crippen LogP) is 7.02. The van der Waals surface area contributed by atoms with Crippen LogP contribution in [0.2, 0.25) is 0 Å². The number of nitrogens with one attached hydrogen (secondary N) is 1. The summed E-state index contributed by atoms with van der Waals surface area (Å²) in [6.07, 6.45) is 0. The molecule has 2 aliphatic rings. The Balaban J connectivity index is 1.52. The number of carbonyl (C=O) groups is 1. The Bertz CT molecular complexity index is 1490. The van der Waals surface area contributed by atoms with Crippen LogP contribution in [0.5, 0.6) is 11.5 Å². The highest BCUT2D eigenvalue weighted by atomic mass is 16.6. The summed E-state index contributed by atoms with van der Waals surface area (Å²) in [4.78, 5) is 15.5. The van der Waals surface area contributed by atoms with Crippen molar-refractivity contribution < 1.29 is 14.3 Å². The SMILES string of the molecule is CCN(CC)c1ccc2c(c1)Oc1cc(C)c(NCc3ccccc3)cc1C21OC(=O)c2ccccc21. The number of esters is 1. The number of hydrogen-bond acceptors (Lipinski definition) is 5. The highest BCUT2D eigenvalue weighted by molar-refractivity contribution is 5.97. The average Bonchev–Trinajstić information content (AvgIpc) is 3.22. The first-order valence-corrected chi connectivity index (χ1v) is 12.9. The fraction of sp³-hybridized carbons (Fsp3) is 0.219. The minimum atomic E-state index is -1.07. The minimum Gasteiger partial charge on any atom is -0.456 e. The van der Waals surface area contributed by atoms with Crippen molar-refractivity contribution in [2.45, 2.75) is 32.9 Å². The van der Waals surface area contributed by atoms with Gasteiger partial charge >= 0.3 is 5.97 Å². The van der Waals surface area contributed by atoms with E-state index in [1.807, 2.05) is 48.5 Å². The quantitative estimate of drug-likeness (QED) is 0.294. The minimum absolute atomic E-state index is 0.318. The molecule has 1 spiro atoms. The monoisotopic (exact) mass is 490 g/mol. The van der Waals surface area contributed by atoms with Gasteiger partial charge in [-0.3, -0.25) is 0 Å². The van der Waals surface area contributed by atoms with E-state index in [4.69, 9.17) is 9.47 Å². The van der Waals surface area contributed by atoms with E-state index in [1.165, 1.54) is 5.56 Å². The predicted molar refractivity (Wildman–Crippen MR) is 147 cm³/mol. The van der Waals surface area contributed by atoms with Crippen LogP contribution in [-0.2, 0) is 16.9 Å². The van der Waals surface area contributed by atoms with Crippen molar-refractivity contribution >= 4 is 17.3 Å². The molecule has 0 fully saturated rings. The topological polar surface area (TPSA) is 50.8 Å². The van der Waals surface area contributed by atoms with Crippen LogP contribution >= 0.6 is 0 Å². The van der Waals surface area contributed by atoms with E-state index in [1.54, 1.807) is 0 Å². The maximum atomic E-state index is 13.2. The molecule has 6 rings (SSSR count). The van der Waals surface area contributed by atoms with Gasteiger partial charge < -0.3 is 19.7 Å². The fourth-order valence-corrected chi connectivity index (χ4v) is 5.58. The van der Waals surface area contributed by atoms with Gasteiger partial charge in [-0.15, -0.1) is 0 Å². The number of anilines is 2. The van der Waals surface area contributed by atoms with E-state index in [2.05, 4.69) is 67.4 Å². The van der Waals surface area contributed by atoms with E-state index in [-0.39, 0.29) is 5.97 Å². The van der Waals surface area contributed by atoms with E-state index >= 15 is 0 Å². The number of fused-ring (bicyclic) bond motifs is 6. The van der Waals surface area contributed by atoms with Crippen LogP contribution in [0.3, 0.4) is 0 Å². The maximum Gasteiger partial charge on any atom is 0.340 e. The summed E-state index contributed by atoms with van der Waals surface area (Å²) in [7, 11) is 0. The molecule has 5 heteroatoms. The van der Waals surface area contributed by atoms with Gasteiger partial charge in [0.15, 0.2) is 5.60 Å². The Morgan fingerprint density at radius 3 is 2.32 bits per heavy atom. The van der Waals surface area contributed by atoms with Gasteiger partial charge in [-0.1, -0.05) is 48.5 Å². The first-order chi connectivity index (χ1) is 18.0. The third-order valence-corrected chi connectivity index (χ3v) is 7.50. The number of benzene rings is 4. The third kappa shape index (κ3) is 3.65. The van der Waals surface area contributed by atoms with Crippen LogP contribution in [-0.4, -0.2) is 19.1 Å². The van der Waals surface area contributed by atoms with Gasteiger partial charge in [0.05, 0.1) is 5.56 Å². The van der Waals surface area contributed by atoms with Crippen molar-refractivity contribution in [2.75, 3.05) is 23.3 Å². The molecule has 4 aromatic carbocycles. The second-order valence-electron chi connectivity index (χ2n) is 9.57. The Labute approximate surface area is 217 Å². The number of rotatable bonds is 6. The average molecular weight is 491 g/mol. The number of aryl methyl sites for hydroxylation is 1. The Hall–Kier alpha value is -4.25. The van der Waals surface area contributed by atoms with Crippen LogP contribution in [0.4, 0.5) is 11.4 Å². The molecule has 5 nitrogen and oxygen atoms in total. The first-order valence-electron chi connectivity index (χ1n) is 12.9. The molecule has 1 N–H and O–H groups in total. The second-order valence-corrected chi connectivity index (χ2v) is 9.57. The van der Waals surface area contributed by atoms with Crippen molar-refractivity contribution in [3.05, 3.63) is 118 Å². The van der Waals surface area contributed by atoms with Gasteiger partial charge in [0.25, 0.3) is 0 Å². The fourth-order valence-electron chi connectivity index (χ4n) is 5.58. The zero-order valence-electron chi connectivity index (χ0n) is 21.4. The zero-order valence-corrected chi connectivity index (χ0v) is 21.4. The van der Waals surface area contributed by atoms with E-state index in [0.717, 1.165) is 46.7 Å². The van der Waals surface area contributed by atoms with Crippen LogP contribution in [0, 0.1) is 6.92 Å². The molecular weight excluding hydrogens is 460 g/mol. The second kappa shape index (κ2) is 9.00. The standard InChI is InChI=1S/C32H30N2O3/c1-4-34(5-2)23-15-16-26-30(18-23)36-29-17-21(3)28(33-20-22-11-7-6-8-12-22)19-27(29)32(26)25-14-10-9-13-24(25)31(35)37-32/h6-19,33H,4-5,20H2,1-3H3. The molecule has 0 saturated heterocycles. The molecule has 0 aliphatic carbocycles. The van der Waals surface area contributed by atoms with Crippen LogP contribution in [0.25, 0.3) is 0 Å². The van der Waals surface area contributed by atoms with Crippen molar-refractivity contribution in [2.24, 2.45) is 0 Å². The van der Waals surface area contributed by atoms with Gasteiger partial charge in [-0.25, -0.2) is 4.79 Å². The van der Waals surface area contributed by atoms with Gasteiger partial charge in [-0.05, 0) is 62.2 Å². The Kier molecular flexibility index (Phi) is 5.64. The molecule has 0 bridgehead atoms. The Morgan fingerprint density at radius 2 is 1.54 bits per heavy atom. The highest BCUT2D eigenvalue weighted by Crippen LogP contribution is 2.57. The summed E-state index contributed by atoms with van der Waals surface area (Å²) in [6.45, 7) is 8.83. The van der Waals surface area contributed by atoms with Crippen LogP contribution < -0.4 is 15.0 Å². The molecule has 2 heterocycles. The van der Waals surface area contributed by atoms with Gasteiger partial charge in [0.2, 0.25) is 0 Å². The molecule has 0 amide bonds. The van der Waals surface area contributed by atoms with Crippen molar-refractivity contribution in [1.82, 2.24) is 0 Å². The van der Waals surface area contributed by atoms with E-state index in [0.29, 0.717) is 23.6 Å². The van der Waals surface area contributed by atoms with Gasteiger partial charge in [-0.2, -0.15) is 0 Å². The van der Waals surface area contributed by atoms with Gasteiger partial charge in [0.1, 0.15) is 11.5 Å². The number of ether oxygens (including phenoxy) is 2. The molecule has 1 atom stereocenters. The molecule has 37 heavy (non-hydrogen) atoms. The smallest absolute Gasteiger partial charge is 0.340 e. The van der Waals surface area contributed by atoms with Crippen LogP contribution in [0.15, 0.2) is 84.9 Å². The van der Waals surface area contributed by atoms with Crippen molar-refractivity contribution in [3.63, 3.8) is 0 Å². The lowest BCUT2D eigenvalue weighted by molar-refractivity contribution is 0.0224. The van der Waals surface area contributed by atoms with Crippen LogP contribution in [0.1, 0.15) is 52.0 Å². The maximum absolute atomic E-state index is 13.2. The molecule has 0 saturated carbocycles. The largest absolute Gasteiger partial charge is 0.456 e. The van der Waals surface area contributed by atoms with E-state index < -0.39 is 5.60 Å². The third-order valence-electron chi connectivity index (χ3n) is 7.50. The summed E-state index contributed by atoms with van der Waals surface area (Å²) in [5.74, 6) is 1.10. The van der Waals surface area contributed by atoms with Crippen molar-refractivity contribution in [3.8, 4) is 11.5 Å². The lowest BCUT2D eigenvalue weighted by Crippen LogP contribution is -2.33. The lowest BCUT2D eigenvalue weighted by atomic mass is 9.77. The summed E-state index contributed by atoms with van der Waals surface area (Å²) in [5, 5.41) is 3.58. The number of nitrogens with zero attached hydrogens (tertiary/aromatic N) is 1. The molecule has 186 valence electrons. The normalized spacial score (nSPS) is 16.9. The number of carbonyl (C=O) groups excluding carboxylic acids is 1. The molecule has 2 aliphatic heterocycles. The molecule has 1 unspecified atom stereocenters. The summed E-state index contributed by atoms with van der Waals surface area (Å²) < 4.78 is 12.9. The van der Waals surface area contributed by atoms with Gasteiger partial charge in [0, 0.05) is 53.8 Å². The summed E-state index contributed by atoms with van der Waals surface area (Å²) in [6, 6.07) is 28.3. The highest BCUT2D eigenvalue weighted by Gasteiger charge is 2.53. The molecular formula is C32H30N2O3. The molecule has 4 aromatic rings. The number of hydrogen-bond donors (Lipinski definition) is 1. The molecule has 0 aromatic heterocycles. The summed E-state index contributed by atoms with van der Waals surface area (Å²) in [5.41, 5.74) is 6.35. The first kappa shape index (κ1) is 23.2. The Morgan fingerprint density at radius 1 is 0.811 bits per heavy atom. The van der Waals surface area contributed by atoms with E-state index in [9.17, 15) is 4.79 Å². The molecule has 0 radical (unpaired) electrons. The zero-order chi connectivity index (χ0) is 25.6.